The molecule has 4 N–H and O–H groups in total. The zero-order chi connectivity index (χ0) is 16.1. The Morgan fingerprint density at radius 2 is 2.09 bits per heavy atom. The Morgan fingerprint density at radius 1 is 1.32 bits per heavy atom. The normalized spacial score (nSPS) is 10.3. The number of amides is 3. The number of thioether (sulfide) groups is 1. The third-order valence-corrected chi connectivity index (χ3v) is 4.81. The van der Waals surface area contributed by atoms with E-state index < -0.39 is 11.9 Å². The van der Waals surface area contributed by atoms with Crippen molar-refractivity contribution in [2.24, 2.45) is 5.73 Å². The Bertz CT molecular complexity index is 701. The van der Waals surface area contributed by atoms with Crippen LogP contribution in [0.1, 0.15) is 11.1 Å². The van der Waals surface area contributed by atoms with E-state index in [1.54, 1.807) is 0 Å². The number of benzene rings is 1. The summed E-state index contributed by atoms with van der Waals surface area (Å²) >= 11 is 2.53. The lowest BCUT2D eigenvalue weighted by Crippen LogP contribution is -2.36. The summed E-state index contributed by atoms with van der Waals surface area (Å²) in [6, 6.07) is 5.12. The van der Waals surface area contributed by atoms with Crippen LogP contribution in [0.4, 0.5) is 15.6 Å². The quantitative estimate of drug-likeness (QED) is 0.721. The molecule has 7 nitrogen and oxygen atoms in total. The molecule has 0 bridgehead atoms. The number of rotatable bonds is 5. The second-order valence-electron chi connectivity index (χ2n) is 4.45. The second kappa shape index (κ2) is 7.23. The molecule has 1 aromatic heterocycles. The SMILES string of the molecule is Cc1cccc(Nc2nnc(SCC(=O)NC(N)=O)s2)c1C. The summed E-state index contributed by atoms with van der Waals surface area (Å²) in [5, 5.41) is 13.9. The van der Waals surface area contributed by atoms with Crippen molar-refractivity contribution >= 4 is 45.9 Å². The van der Waals surface area contributed by atoms with Crippen LogP contribution in [0.5, 0.6) is 0 Å². The maximum absolute atomic E-state index is 11.3. The van der Waals surface area contributed by atoms with Gasteiger partial charge in [-0.3, -0.25) is 10.1 Å². The van der Waals surface area contributed by atoms with Gasteiger partial charge in [0.05, 0.1) is 5.75 Å². The van der Waals surface area contributed by atoms with Crippen molar-refractivity contribution in [3.05, 3.63) is 29.3 Å². The minimum atomic E-state index is -0.861. The van der Waals surface area contributed by atoms with Gasteiger partial charge in [0.25, 0.3) is 0 Å². The Hall–Kier alpha value is -2.13. The lowest BCUT2D eigenvalue weighted by atomic mass is 10.1. The fraction of sp³-hybridized carbons (Fsp3) is 0.231. The number of carbonyl (C=O) groups excluding carboxylic acids is 2. The number of urea groups is 1. The van der Waals surface area contributed by atoms with E-state index in [1.807, 2.05) is 37.4 Å². The Balaban J connectivity index is 1.95. The molecular formula is C13H15N5O2S2. The smallest absolute Gasteiger partial charge is 0.318 e. The number of primary amides is 1. The largest absolute Gasteiger partial charge is 0.351 e. The van der Waals surface area contributed by atoms with E-state index in [-0.39, 0.29) is 5.75 Å². The van der Waals surface area contributed by atoms with Crippen LogP contribution in [-0.4, -0.2) is 27.9 Å². The summed E-state index contributed by atoms with van der Waals surface area (Å²) in [6.45, 7) is 4.07. The van der Waals surface area contributed by atoms with Crippen LogP contribution in [0.3, 0.4) is 0 Å². The predicted octanol–water partition coefficient (Wildman–Crippen LogP) is 2.19. The van der Waals surface area contributed by atoms with Crippen molar-refractivity contribution in [3.8, 4) is 0 Å². The van der Waals surface area contributed by atoms with E-state index in [0.29, 0.717) is 9.47 Å². The molecule has 0 unspecified atom stereocenters. The molecule has 0 radical (unpaired) electrons. The third-order valence-electron chi connectivity index (χ3n) is 2.84. The lowest BCUT2D eigenvalue weighted by Gasteiger charge is -2.08. The van der Waals surface area contributed by atoms with Crippen LogP contribution >= 0.6 is 23.1 Å². The van der Waals surface area contributed by atoms with Gasteiger partial charge in [0.2, 0.25) is 11.0 Å². The van der Waals surface area contributed by atoms with Crippen molar-refractivity contribution in [2.45, 2.75) is 18.2 Å². The number of carbonyl (C=O) groups is 2. The minimum Gasteiger partial charge on any atom is -0.351 e. The first-order chi connectivity index (χ1) is 10.5. The molecule has 116 valence electrons. The van der Waals surface area contributed by atoms with Crippen LogP contribution in [0.15, 0.2) is 22.5 Å². The fourth-order valence-corrected chi connectivity index (χ4v) is 3.19. The highest BCUT2D eigenvalue weighted by Crippen LogP contribution is 2.29. The van der Waals surface area contributed by atoms with E-state index in [4.69, 9.17) is 5.73 Å². The molecule has 0 aliphatic heterocycles. The minimum absolute atomic E-state index is 0.0566. The number of hydrogen-bond donors (Lipinski definition) is 3. The fourth-order valence-electron chi connectivity index (χ4n) is 1.62. The third kappa shape index (κ3) is 4.43. The lowest BCUT2D eigenvalue weighted by molar-refractivity contribution is -0.117. The first-order valence-electron chi connectivity index (χ1n) is 6.34. The summed E-state index contributed by atoms with van der Waals surface area (Å²) in [7, 11) is 0. The van der Waals surface area contributed by atoms with E-state index in [0.717, 1.165) is 11.3 Å². The van der Waals surface area contributed by atoms with Crippen molar-refractivity contribution in [2.75, 3.05) is 11.1 Å². The monoisotopic (exact) mass is 337 g/mol. The molecule has 2 rings (SSSR count). The van der Waals surface area contributed by atoms with Gasteiger partial charge in [-0.2, -0.15) is 0 Å². The molecule has 2 aromatic rings. The molecule has 3 amide bonds. The molecule has 0 aliphatic carbocycles. The zero-order valence-electron chi connectivity index (χ0n) is 12.0. The molecule has 0 aliphatic rings. The highest BCUT2D eigenvalue weighted by molar-refractivity contribution is 8.01. The molecule has 9 heteroatoms. The van der Waals surface area contributed by atoms with Gasteiger partial charge in [-0.05, 0) is 31.0 Å². The van der Waals surface area contributed by atoms with Gasteiger partial charge in [0.1, 0.15) is 0 Å². The highest BCUT2D eigenvalue weighted by atomic mass is 32.2. The molecule has 0 saturated carbocycles. The van der Waals surface area contributed by atoms with Crippen LogP contribution in [0, 0.1) is 13.8 Å². The molecule has 0 atom stereocenters. The number of nitrogens with two attached hydrogens (primary N) is 1. The average molecular weight is 337 g/mol. The highest BCUT2D eigenvalue weighted by Gasteiger charge is 2.10. The van der Waals surface area contributed by atoms with Gasteiger partial charge < -0.3 is 11.1 Å². The number of nitrogens with zero attached hydrogens (tertiary/aromatic N) is 2. The van der Waals surface area contributed by atoms with Crippen molar-refractivity contribution in [1.82, 2.24) is 15.5 Å². The van der Waals surface area contributed by atoms with E-state index >= 15 is 0 Å². The summed E-state index contributed by atoms with van der Waals surface area (Å²) in [5.74, 6) is -0.405. The van der Waals surface area contributed by atoms with Gasteiger partial charge in [0.15, 0.2) is 4.34 Å². The van der Waals surface area contributed by atoms with Gasteiger partial charge in [-0.15, -0.1) is 10.2 Å². The number of hydrogen-bond acceptors (Lipinski definition) is 7. The van der Waals surface area contributed by atoms with Gasteiger partial charge in [-0.1, -0.05) is 35.2 Å². The number of nitrogens with one attached hydrogen (secondary N) is 2. The summed E-state index contributed by atoms with van der Waals surface area (Å²) < 4.78 is 0.632. The second-order valence-corrected chi connectivity index (χ2v) is 6.65. The Morgan fingerprint density at radius 3 is 2.82 bits per heavy atom. The Kier molecular flexibility index (Phi) is 5.34. The van der Waals surface area contributed by atoms with Crippen molar-refractivity contribution in [1.29, 1.82) is 0 Å². The van der Waals surface area contributed by atoms with E-state index in [1.165, 1.54) is 28.7 Å². The molecular weight excluding hydrogens is 322 g/mol. The van der Waals surface area contributed by atoms with Crippen molar-refractivity contribution < 1.29 is 9.59 Å². The maximum Gasteiger partial charge on any atom is 0.318 e. The topological polar surface area (TPSA) is 110 Å². The molecule has 0 fully saturated rings. The van der Waals surface area contributed by atoms with Gasteiger partial charge in [0, 0.05) is 5.69 Å². The summed E-state index contributed by atoms with van der Waals surface area (Å²) in [4.78, 5) is 21.8. The van der Waals surface area contributed by atoms with Gasteiger partial charge in [-0.25, -0.2) is 4.79 Å². The predicted molar refractivity (Wildman–Crippen MR) is 87.6 cm³/mol. The molecule has 0 saturated heterocycles. The van der Waals surface area contributed by atoms with E-state index in [2.05, 4.69) is 15.5 Å². The molecule has 1 heterocycles. The van der Waals surface area contributed by atoms with Crippen LogP contribution in [0.2, 0.25) is 0 Å². The van der Waals surface area contributed by atoms with Crippen LogP contribution in [-0.2, 0) is 4.79 Å². The molecule has 0 spiro atoms. The standard InChI is InChI=1S/C13H15N5O2S2/c1-7-4-3-5-9(8(7)2)15-12-17-18-13(22-12)21-6-10(19)16-11(14)20/h3-5H,6H2,1-2H3,(H,15,17)(H3,14,16,19,20). The van der Waals surface area contributed by atoms with Gasteiger partial charge >= 0.3 is 6.03 Å². The van der Waals surface area contributed by atoms with Crippen LogP contribution < -0.4 is 16.4 Å². The van der Waals surface area contributed by atoms with Crippen molar-refractivity contribution in [3.63, 3.8) is 0 Å². The zero-order valence-corrected chi connectivity index (χ0v) is 13.7. The molecule has 22 heavy (non-hydrogen) atoms. The average Bonchev–Trinajstić information content (AvgIpc) is 2.89. The number of imide groups is 1. The summed E-state index contributed by atoms with van der Waals surface area (Å²) in [6.07, 6.45) is 0. The Labute approximate surface area is 135 Å². The summed E-state index contributed by atoms with van der Waals surface area (Å²) in [5.41, 5.74) is 8.17. The van der Waals surface area contributed by atoms with E-state index in [9.17, 15) is 9.59 Å². The molecule has 1 aromatic carbocycles. The number of aromatic nitrogens is 2. The first kappa shape index (κ1) is 16.2. The number of anilines is 2. The number of aryl methyl sites for hydroxylation is 1. The maximum atomic E-state index is 11.3. The first-order valence-corrected chi connectivity index (χ1v) is 8.14. The van der Waals surface area contributed by atoms with Crippen LogP contribution in [0.25, 0.3) is 0 Å².